The molecule has 2 atom stereocenters. The van der Waals surface area contributed by atoms with Crippen LogP contribution < -0.4 is 5.32 Å². The molecule has 1 aromatic heterocycles. The number of aliphatic carboxylic acids is 1. The summed E-state index contributed by atoms with van der Waals surface area (Å²) in [5.41, 5.74) is -0.900. The summed E-state index contributed by atoms with van der Waals surface area (Å²) in [5.74, 6) is -0.806. The van der Waals surface area contributed by atoms with Gasteiger partial charge in [0.05, 0.1) is 6.20 Å². The fraction of sp³-hybridized carbons (Fsp3) is 0.692. The van der Waals surface area contributed by atoms with Crippen molar-refractivity contribution >= 4 is 17.7 Å². The molecule has 0 radical (unpaired) electrons. The van der Waals surface area contributed by atoms with Gasteiger partial charge in [0.25, 0.3) is 0 Å². The standard InChI is InChI=1S/C13H23N3O2S/c1-9(2)15-13(4,12(17)18)6-10(3)19-11-7-14-16(5)8-11/h7-10,15H,6H2,1-5H3,(H,17,18). The third-order valence-electron chi connectivity index (χ3n) is 2.79. The van der Waals surface area contributed by atoms with Crippen LogP contribution in [0, 0.1) is 0 Å². The van der Waals surface area contributed by atoms with E-state index in [2.05, 4.69) is 10.4 Å². The highest BCUT2D eigenvalue weighted by Crippen LogP contribution is 2.28. The zero-order valence-electron chi connectivity index (χ0n) is 12.2. The number of aryl methyl sites for hydroxylation is 1. The summed E-state index contributed by atoms with van der Waals surface area (Å²) in [6.07, 6.45) is 4.30. The molecule has 0 aliphatic rings. The van der Waals surface area contributed by atoms with Crippen LogP contribution in [0.15, 0.2) is 17.3 Å². The van der Waals surface area contributed by atoms with E-state index >= 15 is 0 Å². The van der Waals surface area contributed by atoms with Crippen molar-refractivity contribution < 1.29 is 9.90 Å². The molecule has 0 aliphatic carbocycles. The van der Waals surface area contributed by atoms with Crippen molar-refractivity contribution in [1.29, 1.82) is 0 Å². The molecule has 0 fully saturated rings. The third-order valence-corrected chi connectivity index (χ3v) is 3.85. The van der Waals surface area contributed by atoms with Gasteiger partial charge in [0.1, 0.15) is 5.54 Å². The Morgan fingerprint density at radius 2 is 2.21 bits per heavy atom. The molecule has 0 saturated heterocycles. The number of nitrogens with zero attached hydrogens (tertiary/aromatic N) is 2. The Morgan fingerprint density at radius 3 is 2.63 bits per heavy atom. The van der Waals surface area contributed by atoms with Crippen molar-refractivity contribution in [3.63, 3.8) is 0 Å². The predicted molar refractivity (Wildman–Crippen MR) is 77.5 cm³/mol. The number of hydrogen-bond acceptors (Lipinski definition) is 4. The molecular formula is C13H23N3O2S. The lowest BCUT2D eigenvalue weighted by Crippen LogP contribution is -2.53. The lowest BCUT2D eigenvalue weighted by molar-refractivity contribution is -0.144. The third kappa shape index (κ3) is 4.87. The number of carboxylic acid groups (broad SMARTS) is 1. The van der Waals surface area contributed by atoms with Gasteiger partial charge in [-0.2, -0.15) is 5.10 Å². The summed E-state index contributed by atoms with van der Waals surface area (Å²) in [5, 5.41) is 16.9. The second-order valence-corrected chi connectivity index (χ2v) is 6.93. The van der Waals surface area contributed by atoms with Crippen molar-refractivity contribution in [1.82, 2.24) is 15.1 Å². The molecule has 0 aromatic carbocycles. The SMILES string of the molecule is CC(C)NC(C)(CC(C)Sc1cnn(C)c1)C(=O)O. The lowest BCUT2D eigenvalue weighted by Gasteiger charge is -2.30. The Balaban J connectivity index is 2.66. The molecule has 6 heteroatoms. The summed E-state index contributed by atoms with van der Waals surface area (Å²) < 4.78 is 1.75. The number of carbonyl (C=O) groups is 1. The topological polar surface area (TPSA) is 67.2 Å². The zero-order chi connectivity index (χ0) is 14.6. The number of nitrogens with one attached hydrogen (secondary N) is 1. The minimum Gasteiger partial charge on any atom is -0.480 e. The fourth-order valence-electron chi connectivity index (χ4n) is 2.15. The summed E-state index contributed by atoms with van der Waals surface area (Å²) >= 11 is 1.65. The first-order chi connectivity index (χ1) is 8.73. The molecule has 5 nitrogen and oxygen atoms in total. The number of rotatable bonds is 7. The van der Waals surface area contributed by atoms with E-state index in [1.54, 1.807) is 29.6 Å². The lowest BCUT2D eigenvalue weighted by atomic mass is 9.95. The molecule has 1 aromatic rings. The molecule has 0 amide bonds. The first-order valence-corrected chi connectivity index (χ1v) is 7.27. The number of hydrogen-bond donors (Lipinski definition) is 2. The van der Waals surface area contributed by atoms with Crippen molar-refractivity contribution in [2.24, 2.45) is 7.05 Å². The van der Waals surface area contributed by atoms with E-state index in [1.807, 2.05) is 34.0 Å². The molecule has 2 N–H and O–H groups in total. The summed E-state index contributed by atoms with van der Waals surface area (Å²) in [4.78, 5) is 12.5. The van der Waals surface area contributed by atoms with Crippen molar-refractivity contribution in [3.05, 3.63) is 12.4 Å². The first kappa shape index (κ1) is 16.0. The average molecular weight is 285 g/mol. The normalized spacial score (nSPS) is 16.3. The minimum absolute atomic E-state index is 0.136. The Hall–Kier alpha value is -1.01. The van der Waals surface area contributed by atoms with Crippen molar-refractivity contribution in [2.45, 2.75) is 55.8 Å². The van der Waals surface area contributed by atoms with Gasteiger partial charge in [-0.05, 0) is 27.2 Å². The molecule has 0 saturated carbocycles. The molecule has 1 rings (SSSR count). The molecule has 2 unspecified atom stereocenters. The van der Waals surface area contributed by atoms with Gasteiger partial charge >= 0.3 is 5.97 Å². The van der Waals surface area contributed by atoms with Gasteiger partial charge in [0, 0.05) is 29.4 Å². The van der Waals surface area contributed by atoms with E-state index in [0.717, 1.165) is 4.90 Å². The van der Waals surface area contributed by atoms with E-state index in [0.29, 0.717) is 6.42 Å². The number of carboxylic acids is 1. The highest BCUT2D eigenvalue weighted by atomic mass is 32.2. The number of aromatic nitrogens is 2. The smallest absolute Gasteiger partial charge is 0.323 e. The Kier molecular flexibility index (Phi) is 5.43. The van der Waals surface area contributed by atoms with E-state index in [9.17, 15) is 9.90 Å². The van der Waals surface area contributed by atoms with Gasteiger partial charge in [0.15, 0.2) is 0 Å². The van der Waals surface area contributed by atoms with Gasteiger partial charge < -0.3 is 5.11 Å². The van der Waals surface area contributed by atoms with Crippen LogP contribution in [-0.4, -0.2) is 37.7 Å². The van der Waals surface area contributed by atoms with E-state index < -0.39 is 11.5 Å². The largest absolute Gasteiger partial charge is 0.480 e. The zero-order valence-corrected chi connectivity index (χ0v) is 13.0. The van der Waals surface area contributed by atoms with Crippen molar-refractivity contribution in [2.75, 3.05) is 0 Å². The van der Waals surface area contributed by atoms with Gasteiger partial charge in [-0.1, -0.05) is 6.92 Å². The highest BCUT2D eigenvalue weighted by molar-refractivity contribution is 7.99. The first-order valence-electron chi connectivity index (χ1n) is 6.39. The summed E-state index contributed by atoms with van der Waals surface area (Å²) in [7, 11) is 1.87. The second kappa shape index (κ2) is 6.43. The van der Waals surface area contributed by atoms with Crippen LogP contribution in [0.4, 0.5) is 0 Å². The quantitative estimate of drug-likeness (QED) is 0.751. The van der Waals surface area contributed by atoms with Gasteiger partial charge in [0.2, 0.25) is 0 Å². The van der Waals surface area contributed by atoms with E-state index in [4.69, 9.17) is 0 Å². The predicted octanol–water partition coefficient (Wildman–Crippen LogP) is 2.13. The maximum absolute atomic E-state index is 11.5. The van der Waals surface area contributed by atoms with E-state index in [1.165, 1.54) is 0 Å². The Labute approximate surface area is 118 Å². The monoisotopic (exact) mass is 285 g/mol. The molecule has 19 heavy (non-hydrogen) atoms. The van der Waals surface area contributed by atoms with Crippen LogP contribution in [0.2, 0.25) is 0 Å². The molecule has 0 spiro atoms. The fourth-order valence-corrected chi connectivity index (χ4v) is 3.36. The van der Waals surface area contributed by atoms with Crippen LogP contribution in [0.25, 0.3) is 0 Å². The van der Waals surface area contributed by atoms with Crippen LogP contribution in [0.5, 0.6) is 0 Å². The van der Waals surface area contributed by atoms with Gasteiger partial charge in [-0.25, -0.2) is 0 Å². The van der Waals surface area contributed by atoms with Crippen LogP contribution in [0.1, 0.15) is 34.1 Å². The molecule has 1 heterocycles. The molecular weight excluding hydrogens is 262 g/mol. The maximum atomic E-state index is 11.5. The Bertz CT molecular complexity index is 433. The van der Waals surface area contributed by atoms with E-state index in [-0.39, 0.29) is 11.3 Å². The van der Waals surface area contributed by atoms with Crippen LogP contribution in [0.3, 0.4) is 0 Å². The van der Waals surface area contributed by atoms with Crippen LogP contribution in [-0.2, 0) is 11.8 Å². The minimum atomic E-state index is -0.900. The number of thioether (sulfide) groups is 1. The summed E-state index contributed by atoms with van der Waals surface area (Å²) in [6, 6.07) is 0.136. The molecule has 0 bridgehead atoms. The highest BCUT2D eigenvalue weighted by Gasteiger charge is 2.35. The Morgan fingerprint density at radius 1 is 1.58 bits per heavy atom. The molecule has 0 aliphatic heterocycles. The summed E-state index contributed by atoms with van der Waals surface area (Å²) in [6.45, 7) is 7.71. The van der Waals surface area contributed by atoms with Crippen LogP contribution >= 0.6 is 11.8 Å². The van der Waals surface area contributed by atoms with Gasteiger partial charge in [-0.3, -0.25) is 14.8 Å². The average Bonchev–Trinajstić information content (AvgIpc) is 2.61. The van der Waals surface area contributed by atoms with Crippen molar-refractivity contribution in [3.8, 4) is 0 Å². The maximum Gasteiger partial charge on any atom is 0.323 e. The van der Waals surface area contributed by atoms with Gasteiger partial charge in [-0.15, -0.1) is 11.8 Å². The molecule has 108 valence electrons. The second-order valence-electron chi connectivity index (χ2n) is 5.42.